The fraction of sp³-hybridized carbons (Fsp3) is 0.250. The van der Waals surface area contributed by atoms with E-state index < -0.39 is 0 Å². The van der Waals surface area contributed by atoms with E-state index in [1.807, 2.05) is 19.9 Å². The molecule has 5 nitrogen and oxygen atoms in total. The van der Waals surface area contributed by atoms with E-state index in [-0.39, 0.29) is 11.6 Å². The summed E-state index contributed by atoms with van der Waals surface area (Å²) in [5, 5.41) is 13.8. The Morgan fingerprint density at radius 3 is 2.53 bits per heavy atom. The first-order valence-corrected chi connectivity index (χ1v) is 5.14. The van der Waals surface area contributed by atoms with Crippen molar-refractivity contribution < 1.29 is 14.4 Å². The van der Waals surface area contributed by atoms with Crippen LogP contribution in [0.5, 0.6) is 11.5 Å². The maximum atomic E-state index is 10.2. The van der Waals surface area contributed by atoms with Crippen molar-refractivity contribution >= 4 is 5.82 Å². The lowest BCUT2D eigenvalue weighted by molar-refractivity contribution is 0.369. The van der Waals surface area contributed by atoms with Crippen LogP contribution in [0.1, 0.15) is 11.1 Å². The summed E-state index contributed by atoms with van der Waals surface area (Å²) in [6.07, 6.45) is 0. The number of rotatable bonds is 2. The van der Waals surface area contributed by atoms with Crippen LogP contribution in [0.3, 0.4) is 0 Å². The largest absolute Gasteiger partial charge is 0.504 e. The summed E-state index contributed by atoms with van der Waals surface area (Å²) in [6, 6.07) is 3.48. The predicted molar refractivity (Wildman–Crippen MR) is 64.0 cm³/mol. The van der Waals surface area contributed by atoms with E-state index in [1.54, 1.807) is 6.07 Å². The zero-order valence-corrected chi connectivity index (χ0v) is 9.94. The van der Waals surface area contributed by atoms with Crippen molar-refractivity contribution in [3.8, 4) is 22.8 Å². The van der Waals surface area contributed by atoms with Gasteiger partial charge >= 0.3 is 0 Å². The molecule has 0 fully saturated rings. The topological polar surface area (TPSA) is 81.5 Å². The van der Waals surface area contributed by atoms with E-state index in [9.17, 15) is 5.11 Å². The minimum atomic E-state index is 0.0427. The molecule has 2 rings (SSSR count). The molecule has 17 heavy (non-hydrogen) atoms. The molecule has 0 radical (unpaired) electrons. The van der Waals surface area contributed by atoms with Crippen molar-refractivity contribution in [2.75, 3.05) is 12.8 Å². The van der Waals surface area contributed by atoms with Crippen LogP contribution in [0.15, 0.2) is 16.7 Å². The second-order valence-corrected chi connectivity index (χ2v) is 3.88. The molecular weight excluding hydrogens is 220 g/mol. The average molecular weight is 234 g/mol. The Kier molecular flexibility index (Phi) is 2.67. The number of benzene rings is 1. The van der Waals surface area contributed by atoms with Gasteiger partial charge in [0.1, 0.15) is 0 Å². The molecule has 0 amide bonds. The number of nitrogens with two attached hydrogens (primary N) is 1. The molecule has 1 aromatic heterocycles. The van der Waals surface area contributed by atoms with Crippen molar-refractivity contribution in [2.45, 2.75) is 13.8 Å². The van der Waals surface area contributed by atoms with Gasteiger partial charge in [-0.1, -0.05) is 11.2 Å². The fourth-order valence-corrected chi connectivity index (χ4v) is 1.92. The number of hydrogen-bond donors (Lipinski definition) is 2. The average Bonchev–Trinajstić information content (AvgIpc) is 2.64. The molecule has 0 spiro atoms. The number of methoxy groups -OCH3 is 1. The highest BCUT2D eigenvalue weighted by Gasteiger charge is 2.18. The van der Waals surface area contributed by atoms with E-state index in [2.05, 4.69) is 5.16 Å². The number of phenolic OH excluding ortho intramolecular Hbond substituents is 1. The Morgan fingerprint density at radius 2 is 2.00 bits per heavy atom. The number of ether oxygens (including phenoxy) is 1. The summed E-state index contributed by atoms with van der Waals surface area (Å²) in [7, 11) is 1.51. The molecule has 5 heteroatoms. The minimum Gasteiger partial charge on any atom is -0.504 e. The second kappa shape index (κ2) is 4.01. The Morgan fingerprint density at radius 1 is 1.29 bits per heavy atom. The number of nitrogens with zero attached hydrogens (tertiary/aromatic N) is 1. The van der Waals surface area contributed by atoms with E-state index in [0.717, 1.165) is 11.1 Å². The highest BCUT2D eigenvalue weighted by Crippen LogP contribution is 2.42. The predicted octanol–water partition coefficient (Wildman–Crippen LogP) is 2.25. The van der Waals surface area contributed by atoms with Gasteiger partial charge < -0.3 is 20.1 Å². The molecule has 1 heterocycles. The lowest BCUT2D eigenvalue weighted by Crippen LogP contribution is -1.92. The van der Waals surface area contributed by atoms with E-state index >= 15 is 0 Å². The number of aromatic hydroxyl groups is 1. The summed E-state index contributed by atoms with van der Waals surface area (Å²) in [5.74, 6) is 1.18. The number of anilines is 1. The van der Waals surface area contributed by atoms with Gasteiger partial charge in [-0.3, -0.25) is 0 Å². The van der Waals surface area contributed by atoms with Crippen molar-refractivity contribution in [3.05, 3.63) is 23.3 Å². The first-order valence-electron chi connectivity index (χ1n) is 5.14. The standard InChI is InChI=1S/C12H14N2O3/c1-6-4-7(2)12(16-3)11(15)10(6)8-5-9(13)14-17-8/h4-5,15H,1-3H3,(H2,13,14). The Balaban J connectivity index is 2.69. The van der Waals surface area contributed by atoms with Crippen LogP contribution < -0.4 is 10.5 Å². The minimum absolute atomic E-state index is 0.0427. The third-order valence-corrected chi connectivity index (χ3v) is 2.62. The molecular formula is C12H14N2O3. The maximum Gasteiger partial charge on any atom is 0.173 e. The molecule has 0 atom stereocenters. The third kappa shape index (κ3) is 1.80. The SMILES string of the molecule is COc1c(C)cc(C)c(-c2cc(N)no2)c1O. The van der Waals surface area contributed by atoms with Crippen molar-refractivity contribution in [1.82, 2.24) is 5.16 Å². The van der Waals surface area contributed by atoms with Crippen LogP contribution in [0, 0.1) is 13.8 Å². The van der Waals surface area contributed by atoms with Crippen LogP contribution in [-0.4, -0.2) is 17.4 Å². The number of phenols is 1. The summed E-state index contributed by atoms with van der Waals surface area (Å²) in [4.78, 5) is 0. The van der Waals surface area contributed by atoms with Gasteiger partial charge in [0.15, 0.2) is 23.1 Å². The Bertz CT molecular complexity index is 561. The molecule has 0 unspecified atom stereocenters. The van der Waals surface area contributed by atoms with Gasteiger partial charge in [-0.25, -0.2) is 0 Å². The van der Waals surface area contributed by atoms with E-state index in [4.69, 9.17) is 15.0 Å². The van der Waals surface area contributed by atoms with Crippen LogP contribution in [0.2, 0.25) is 0 Å². The normalized spacial score (nSPS) is 10.5. The zero-order valence-electron chi connectivity index (χ0n) is 9.94. The molecule has 0 saturated heterocycles. The van der Waals surface area contributed by atoms with Crippen LogP contribution in [0.4, 0.5) is 5.82 Å². The lowest BCUT2D eigenvalue weighted by Gasteiger charge is -2.12. The molecule has 0 aliphatic heterocycles. The van der Waals surface area contributed by atoms with Gasteiger partial charge in [0, 0.05) is 6.07 Å². The number of aromatic nitrogens is 1. The third-order valence-electron chi connectivity index (χ3n) is 2.62. The number of aryl methyl sites for hydroxylation is 2. The summed E-state index contributed by atoms with van der Waals surface area (Å²) in [6.45, 7) is 3.74. The lowest BCUT2D eigenvalue weighted by atomic mass is 10.0. The maximum absolute atomic E-state index is 10.2. The fourth-order valence-electron chi connectivity index (χ4n) is 1.92. The first kappa shape index (κ1) is 11.3. The van der Waals surface area contributed by atoms with Gasteiger partial charge in [-0.05, 0) is 25.0 Å². The molecule has 2 aromatic rings. The molecule has 0 saturated carbocycles. The zero-order chi connectivity index (χ0) is 12.6. The smallest absolute Gasteiger partial charge is 0.173 e. The summed E-state index contributed by atoms with van der Waals surface area (Å²) < 4.78 is 10.2. The van der Waals surface area contributed by atoms with Crippen molar-refractivity contribution in [1.29, 1.82) is 0 Å². The highest BCUT2D eigenvalue weighted by atomic mass is 16.5. The second-order valence-electron chi connectivity index (χ2n) is 3.88. The molecule has 90 valence electrons. The van der Waals surface area contributed by atoms with Gasteiger partial charge in [0.25, 0.3) is 0 Å². The first-order chi connectivity index (χ1) is 8.04. The monoisotopic (exact) mass is 234 g/mol. The molecule has 0 bridgehead atoms. The molecule has 3 N–H and O–H groups in total. The van der Waals surface area contributed by atoms with Gasteiger partial charge in [0.2, 0.25) is 0 Å². The Hall–Kier alpha value is -2.17. The molecule has 0 aliphatic carbocycles. The molecule has 0 aliphatic rings. The number of nitrogen functional groups attached to an aromatic ring is 1. The van der Waals surface area contributed by atoms with E-state index in [0.29, 0.717) is 17.1 Å². The molecule has 1 aromatic carbocycles. The quantitative estimate of drug-likeness (QED) is 0.832. The van der Waals surface area contributed by atoms with Gasteiger partial charge in [0.05, 0.1) is 12.7 Å². The van der Waals surface area contributed by atoms with Crippen molar-refractivity contribution in [2.24, 2.45) is 0 Å². The van der Waals surface area contributed by atoms with Gasteiger partial charge in [-0.15, -0.1) is 0 Å². The Labute approximate surface area is 98.8 Å². The van der Waals surface area contributed by atoms with Crippen molar-refractivity contribution in [3.63, 3.8) is 0 Å². The van der Waals surface area contributed by atoms with Gasteiger partial charge in [-0.2, -0.15) is 0 Å². The van der Waals surface area contributed by atoms with Crippen LogP contribution in [-0.2, 0) is 0 Å². The van der Waals surface area contributed by atoms with Crippen LogP contribution >= 0.6 is 0 Å². The summed E-state index contributed by atoms with van der Waals surface area (Å²) >= 11 is 0. The van der Waals surface area contributed by atoms with E-state index in [1.165, 1.54) is 7.11 Å². The summed E-state index contributed by atoms with van der Waals surface area (Å²) in [5.41, 5.74) is 7.78. The van der Waals surface area contributed by atoms with Crippen LogP contribution in [0.25, 0.3) is 11.3 Å². The highest BCUT2D eigenvalue weighted by molar-refractivity contribution is 5.75. The number of hydrogen-bond acceptors (Lipinski definition) is 5.